The summed E-state index contributed by atoms with van der Waals surface area (Å²) in [5.74, 6) is 0.259. The first-order valence-electron chi connectivity index (χ1n) is 5.50. The van der Waals surface area contributed by atoms with E-state index in [2.05, 4.69) is 20.9 Å². The highest BCUT2D eigenvalue weighted by Gasteiger charge is 2.19. The lowest BCUT2D eigenvalue weighted by molar-refractivity contribution is -0.386. The van der Waals surface area contributed by atoms with Gasteiger partial charge in [0.1, 0.15) is 11.8 Å². The van der Waals surface area contributed by atoms with E-state index < -0.39 is 4.92 Å². The maximum absolute atomic E-state index is 11.0. The molecule has 2 aromatic rings. The van der Waals surface area contributed by atoms with Crippen molar-refractivity contribution in [1.29, 1.82) is 5.26 Å². The Morgan fingerprint density at radius 2 is 2.20 bits per heavy atom. The minimum absolute atomic E-state index is 0.104. The van der Waals surface area contributed by atoms with E-state index in [1.54, 1.807) is 12.1 Å². The molecule has 20 heavy (non-hydrogen) atoms. The lowest BCUT2D eigenvalue weighted by atomic mass is 10.2. The van der Waals surface area contributed by atoms with Crippen molar-refractivity contribution in [3.8, 4) is 17.7 Å². The van der Waals surface area contributed by atoms with Crippen molar-refractivity contribution in [1.82, 2.24) is 4.98 Å². The molecule has 1 aromatic heterocycles. The fraction of sp³-hybridized carbons (Fsp3) is 0.0769. The van der Waals surface area contributed by atoms with Gasteiger partial charge in [0.2, 0.25) is 0 Å². The summed E-state index contributed by atoms with van der Waals surface area (Å²) in [6.07, 6.45) is 1.23. The van der Waals surface area contributed by atoms with Crippen molar-refractivity contribution >= 4 is 21.6 Å². The quantitative estimate of drug-likeness (QED) is 0.630. The van der Waals surface area contributed by atoms with Crippen molar-refractivity contribution in [2.75, 3.05) is 0 Å². The molecule has 0 aliphatic carbocycles. The molecule has 0 unspecified atom stereocenters. The molecule has 0 spiro atoms. The first-order chi connectivity index (χ1) is 9.51. The Bertz CT molecular complexity index is 725. The number of pyridine rings is 1. The van der Waals surface area contributed by atoms with Gasteiger partial charge in [-0.2, -0.15) is 5.26 Å². The summed E-state index contributed by atoms with van der Waals surface area (Å²) in [4.78, 5) is 14.2. The van der Waals surface area contributed by atoms with E-state index in [4.69, 9.17) is 10.00 Å². The van der Waals surface area contributed by atoms with Crippen LogP contribution >= 0.6 is 15.9 Å². The van der Waals surface area contributed by atoms with E-state index in [0.717, 1.165) is 11.6 Å². The monoisotopic (exact) mass is 333 g/mol. The molecular weight excluding hydrogens is 326 g/mol. The lowest BCUT2D eigenvalue weighted by Gasteiger charge is -2.07. The van der Waals surface area contributed by atoms with E-state index in [9.17, 15) is 10.1 Å². The Balaban J connectivity index is 2.43. The van der Waals surface area contributed by atoms with E-state index in [1.807, 2.05) is 19.1 Å². The Kier molecular flexibility index (Phi) is 3.96. The molecule has 0 radical (unpaired) electrons. The maximum Gasteiger partial charge on any atom is 0.332 e. The third-order valence-electron chi connectivity index (χ3n) is 2.45. The average molecular weight is 334 g/mol. The van der Waals surface area contributed by atoms with Gasteiger partial charge in [0, 0.05) is 12.3 Å². The second-order valence-corrected chi connectivity index (χ2v) is 4.81. The van der Waals surface area contributed by atoms with Crippen LogP contribution in [0.5, 0.6) is 11.6 Å². The van der Waals surface area contributed by atoms with Crippen LogP contribution in [-0.4, -0.2) is 9.91 Å². The molecule has 100 valence electrons. The molecule has 2 rings (SSSR count). The normalized spacial score (nSPS) is 9.85. The first kappa shape index (κ1) is 14.0. The van der Waals surface area contributed by atoms with Gasteiger partial charge in [-0.15, -0.1) is 0 Å². The van der Waals surface area contributed by atoms with Gasteiger partial charge < -0.3 is 4.74 Å². The molecule has 0 aliphatic heterocycles. The van der Waals surface area contributed by atoms with Crippen molar-refractivity contribution < 1.29 is 9.66 Å². The molecular formula is C13H8BrN3O3. The number of nitro groups is 1. The number of rotatable bonds is 3. The van der Waals surface area contributed by atoms with Crippen molar-refractivity contribution in [3.63, 3.8) is 0 Å². The van der Waals surface area contributed by atoms with Crippen LogP contribution in [0.3, 0.4) is 0 Å². The van der Waals surface area contributed by atoms with Gasteiger partial charge in [0.15, 0.2) is 0 Å². The number of aryl methyl sites for hydroxylation is 1. The average Bonchev–Trinajstić information content (AvgIpc) is 2.42. The summed E-state index contributed by atoms with van der Waals surface area (Å²) in [5.41, 5.74) is 0.773. The largest absolute Gasteiger partial charge is 0.432 e. The molecule has 0 saturated carbocycles. The highest BCUT2D eigenvalue weighted by molar-refractivity contribution is 9.10. The third kappa shape index (κ3) is 2.92. The van der Waals surface area contributed by atoms with Gasteiger partial charge >= 0.3 is 5.69 Å². The molecule has 0 atom stereocenters. The number of aromatic nitrogens is 1. The molecule has 7 heteroatoms. The SMILES string of the molecule is Cc1ccc(Oc2ncc(C#N)cc2[N+](=O)[O-])c(Br)c1. The predicted octanol–water partition coefficient (Wildman–Crippen LogP) is 3.72. The number of nitriles is 1. The second kappa shape index (κ2) is 5.67. The molecule has 0 bridgehead atoms. The van der Waals surface area contributed by atoms with Crippen LogP contribution in [-0.2, 0) is 0 Å². The Hall–Kier alpha value is -2.46. The van der Waals surface area contributed by atoms with Gasteiger partial charge in [-0.1, -0.05) is 6.07 Å². The van der Waals surface area contributed by atoms with Gasteiger partial charge in [-0.25, -0.2) is 4.98 Å². The second-order valence-electron chi connectivity index (χ2n) is 3.95. The summed E-state index contributed by atoms with van der Waals surface area (Å²) in [6.45, 7) is 1.91. The first-order valence-corrected chi connectivity index (χ1v) is 6.29. The minimum atomic E-state index is -0.634. The Morgan fingerprint density at radius 1 is 1.45 bits per heavy atom. The van der Waals surface area contributed by atoms with Gasteiger partial charge in [0.05, 0.1) is 15.0 Å². The van der Waals surface area contributed by atoms with Crippen LogP contribution in [0, 0.1) is 28.4 Å². The van der Waals surface area contributed by atoms with Gasteiger partial charge in [-0.3, -0.25) is 10.1 Å². The fourth-order valence-corrected chi connectivity index (χ4v) is 2.08. The van der Waals surface area contributed by atoms with E-state index in [1.165, 1.54) is 6.20 Å². The number of benzene rings is 1. The highest BCUT2D eigenvalue weighted by Crippen LogP contribution is 2.34. The van der Waals surface area contributed by atoms with Crippen molar-refractivity contribution in [3.05, 3.63) is 56.2 Å². The maximum atomic E-state index is 11.0. The topological polar surface area (TPSA) is 89.0 Å². The van der Waals surface area contributed by atoms with Crippen LogP contribution in [0.15, 0.2) is 34.9 Å². The molecule has 0 amide bonds. The Morgan fingerprint density at radius 3 is 2.80 bits per heavy atom. The number of hydrogen-bond donors (Lipinski definition) is 0. The summed E-state index contributed by atoms with van der Waals surface area (Å²) >= 11 is 3.32. The molecule has 0 fully saturated rings. The minimum Gasteiger partial charge on any atom is -0.432 e. The Labute approximate surface area is 122 Å². The summed E-state index contributed by atoms with van der Waals surface area (Å²) < 4.78 is 6.11. The zero-order valence-corrected chi connectivity index (χ0v) is 11.9. The van der Waals surface area contributed by atoms with Crippen LogP contribution in [0.2, 0.25) is 0 Å². The van der Waals surface area contributed by atoms with Gasteiger partial charge in [-0.05, 0) is 40.5 Å². The molecule has 0 aliphatic rings. The number of ether oxygens (including phenoxy) is 1. The summed E-state index contributed by atoms with van der Waals surface area (Å²) in [7, 11) is 0. The number of halogens is 1. The summed E-state index contributed by atoms with van der Waals surface area (Å²) in [5, 5.41) is 19.7. The predicted molar refractivity (Wildman–Crippen MR) is 74.6 cm³/mol. The molecule has 1 aromatic carbocycles. The van der Waals surface area contributed by atoms with Gasteiger partial charge in [0.25, 0.3) is 5.88 Å². The highest BCUT2D eigenvalue weighted by atomic mass is 79.9. The third-order valence-corrected chi connectivity index (χ3v) is 3.07. The zero-order valence-electron chi connectivity index (χ0n) is 10.3. The van der Waals surface area contributed by atoms with Crippen LogP contribution < -0.4 is 4.74 Å². The fourth-order valence-electron chi connectivity index (χ4n) is 1.50. The van der Waals surface area contributed by atoms with E-state index >= 15 is 0 Å². The zero-order chi connectivity index (χ0) is 14.7. The standard InChI is InChI=1S/C13H8BrN3O3/c1-8-2-3-12(10(14)4-8)20-13-11(17(18)19)5-9(6-15)7-16-13/h2-5,7H,1H3. The van der Waals surface area contributed by atoms with Crippen molar-refractivity contribution in [2.45, 2.75) is 6.92 Å². The summed E-state index contributed by atoms with van der Waals surface area (Å²) in [6, 6.07) is 8.25. The van der Waals surface area contributed by atoms with E-state index in [0.29, 0.717) is 10.2 Å². The van der Waals surface area contributed by atoms with Crippen molar-refractivity contribution in [2.24, 2.45) is 0 Å². The molecule has 1 heterocycles. The van der Waals surface area contributed by atoms with Crippen LogP contribution in [0.4, 0.5) is 5.69 Å². The van der Waals surface area contributed by atoms with Crippen LogP contribution in [0.25, 0.3) is 0 Å². The lowest BCUT2D eigenvalue weighted by Crippen LogP contribution is -1.97. The molecule has 0 saturated heterocycles. The molecule has 0 N–H and O–H groups in total. The molecule has 6 nitrogen and oxygen atoms in total. The smallest absolute Gasteiger partial charge is 0.332 e. The number of nitrogens with zero attached hydrogens (tertiary/aromatic N) is 3. The van der Waals surface area contributed by atoms with E-state index in [-0.39, 0.29) is 17.1 Å². The number of hydrogen-bond acceptors (Lipinski definition) is 5. The van der Waals surface area contributed by atoms with Crippen LogP contribution in [0.1, 0.15) is 11.1 Å².